The average Bonchev–Trinajstić information content (AvgIpc) is 2.20. The van der Waals surface area contributed by atoms with Crippen LogP contribution >= 0.6 is 11.6 Å². The molecule has 5 nitrogen and oxygen atoms in total. The van der Waals surface area contributed by atoms with Gasteiger partial charge >= 0.3 is 0 Å². The van der Waals surface area contributed by atoms with Crippen molar-refractivity contribution in [3.63, 3.8) is 0 Å². The van der Waals surface area contributed by atoms with Crippen molar-refractivity contribution < 1.29 is 9.76 Å². The van der Waals surface area contributed by atoms with Gasteiger partial charge in [0.25, 0.3) is 5.69 Å². The first-order valence-corrected chi connectivity index (χ1v) is 4.80. The van der Waals surface area contributed by atoms with Gasteiger partial charge in [0.1, 0.15) is 0 Å². The second-order valence-electron chi connectivity index (χ2n) is 2.79. The molecule has 6 heteroatoms. The number of hydrogen-bond acceptors (Lipinski definition) is 4. The van der Waals surface area contributed by atoms with Crippen LogP contribution in [0.15, 0.2) is 18.2 Å². The fraction of sp³-hybridized carbons (Fsp3) is 0.333. The smallest absolute Gasteiger partial charge is 0.269 e. The standard InChI is InChI=1S/C9H11ClN2O3/c1-2-15-11-6-7-5-8(12(13)14)3-4-9(7)10/h3-5,11H,2,6H2,1H3. The molecule has 0 saturated carbocycles. The molecule has 15 heavy (non-hydrogen) atoms. The van der Waals surface area contributed by atoms with Crippen LogP contribution in [0.1, 0.15) is 12.5 Å². The Labute approximate surface area is 92.1 Å². The van der Waals surface area contributed by atoms with E-state index >= 15 is 0 Å². The summed E-state index contributed by atoms with van der Waals surface area (Å²) in [7, 11) is 0. The fourth-order valence-corrected chi connectivity index (χ4v) is 1.23. The van der Waals surface area contributed by atoms with Crippen LogP contribution in [0.25, 0.3) is 0 Å². The Morgan fingerprint density at radius 3 is 2.93 bits per heavy atom. The monoisotopic (exact) mass is 230 g/mol. The predicted octanol–water partition coefficient (Wildman–Crippen LogP) is 2.29. The first kappa shape index (κ1) is 11.9. The van der Waals surface area contributed by atoms with Gasteiger partial charge in [0.15, 0.2) is 0 Å². The maximum absolute atomic E-state index is 10.5. The molecule has 1 aromatic carbocycles. The maximum atomic E-state index is 10.5. The molecule has 0 atom stereocenters. The third kappa shape index (κ3) is 3.47. The van der Waals surface area contributed by atoms with E-state index in [1.165, 1.54) is 18.2 Å². The third-order valence-electron chi connectivity index (χ3n) is 1.75. The fourth-order valence-electron chi connectivity index (χ4n) is 1.04. The first-order chi connectivity index (χ1) is 7.15. The second kappa shape index (κ2) is 5.65. The Morgan fingerprint density at radius 1 is 1.60 bits per heavy atom. The summed E-state index contributed by atoms with van der Waals surface area (Å²) in [6.45, 7) is 2.70. The van der Waals surface area contributed by atoms with Crippen molar-refractivity contribution >= 4 is 17.3 Å². The van der Waals surface area contributed by atoms with Crippen molar-refractivity contribution in [3.05, 3.63) is 38.9 Å². The van der Waals surface area contributed by atoms with Crippen LogP contribution in [0.5, 0.6) is 0 Å². The molecule has 82 valence electrons. The number of nitrogens with zero attached hydrogens (tertiary/aromatic N) is 1. The summed E-state index contributed by atoms with van der Waals surface area (Å²) in [6, 6.07) is 4.30. The van der Waals surface area contributed by atoms with Gasteiger partial charge in [0.05, 0.1) is 11.5 Å². The van der Waals surface area contributed by atoms with Gasteiger partial charge in [-0.2, -0.15) is 5.48 Å². The predicted molar refractivity (Wildman–Crippen MR) is 56.6 cm³/mol. The lowest BCUT2D eigenvalue weighted by Crippen LogP contribution is -2.14. The van der Waals surface area contributed by atoms with E-state index in [0.29, 0.717) is 23.7 Å². The maximum Gasteiger partial charge on any atom is 0.269 e. The van der Waals surface area contributed by atoms with Crippen LogP contribution in [0.3, 0.4) is 0 Å². The van der Waals surface area contributed by atoms with Gasteiger partial charge < -0.3 is 4.84 Å². The lowest BCUT2D eigenvalue weighted by atomic mass is 10.2. The van der Waals surface area contributed by atoms with Crippen LogP contribution in [-0.4, -0.2) is 11.5 Å². The molecule has 1 rings (SSSR count). The highest BCUT2D eigenvalue weighted by Crippen LogP contribution is 2.21. The average molecular weight is 231 g/mol. The zero-order valence-corrected chi connectivity index (χ0v) is 8.95. The van der Waals surface area contributed by atoms with Crippen molar-refractivity contribution in [1.82, 2.24) is 5.48 Å². The van der Waals surface area contributed by atoms with Gasteiger partial charge in [0.2, 0.25) is 0 Å². The van der Waals surface area contributed by atoms with E-state index in [0.717, 1.165) is 0 Å². The summed E-state index contributed by atoms with van der Waals surface area (Å²) in [5, 5.41) is 11.0. The molecule has 1 aromatic rings. The Balaban J connectivity index is 2.76. The van der Waals surface area contributed by atoms with Crippen LogP contribution in [0.4, 0.5) is 5.69 Å². The topological polar surface area (TPSA) is 64.4 Å². The van der Waals surface area contributed by atoms with Gasteiger partial charge in [0, 0.05) is 23.7 Å². The molecule has 0 bridgehead atoms. The van der Waals surface area contributed by atoms with E-state index < -0.39 is 4.92 Å². The van der Waals surface area contributed by atoms with Gasteiger partial charge in [-0.15, -0.1) is 0 Å². The second-order valence-corrected chi connectivity index (χ2v) is 3.19. The molecule has 0 spiro atoms. The van der Waals surface area contributed by atoms with E-state index in [-0.39, 0.29) is 5.69 Å². The number of halogens is 1. The molecule has 0 amide bonds. The molecule has 0 radical (unpaired) electrons. The molecule has 1 N–H and O–H groups in total. The van der Waals surface area contributed by atoms with Crippen LogP contribution in [-0.2, 0) is 11.4 Å². The summed E-state index contributed by atoms with van der Waals surface area (Å²) in [4.78, 5) is 15.0. The van der Waals surface area contributed by atoms with Crippen LogP contribution < -0.4 is 5.48 Å². The lowest BCUT2D eigenvalue weighted by Gasteiger charge is -2.05. The normalized spacial score (nSPS) is 10.3. The van der Waals surface area contributed by atoms with E-state index in [1.807, 2.05) is 6.92 Å². The number of nitrogens with one attached hydrogen (secondary N) is 1. The molecule has 0 aromatic heterocycles. The number of nitro benzene ring substituents is 1. The lowest BCUT2D eigenvalue weighted by molar-refractivity contribution is -0.384. The quantitative estimate of drug-likeness (QED) is 0.479. The third-order valence-corrected chi connectivity index (χ3v) is 2.12. The van der Waals surface area contributed by atoms with Crippen molar-refractivity contribution in [1.29, 1.82) is 0 Å². The molecule has 0 aliphatic heterocycles. The van der Waals surface area contributed by atoms with Gasteiger partial charge in [-0.05, 0) is 18.6 Å². The highest BCUT2D eigenvalue weighted by molar-refractivity contribution is 6.31. The molecular weight excluding hydrogens is 220 g/mol. The highest BCUT2D eigenvalue weighted by atomic mass is 35.5. The van der Waals surface area contributed by atoms with Crippen molar-refractivity contribution in [2.24, 2.45) is 0 Å². The molecule has 0 aliphatic carbocycles. The highest BCUT2D eigenvalue weighted by Gasteiger charge is 2.09. The Kier molecular flexibility index (Phi) is 4.48. The molecule has 0 saturated heterocycles. The van der Waals surface area contributed by atoms with E-state index in [1.54, 1.807) is 0 Å². The number of non-ortho nitro benzene ring substituents is 1. The van der Waals surface area contributed by atoms with Crippen molar-refractivity contribution in [3.8, 4) is 0 Å². The largest absolute Gasteiger partial charge is 0.302 e. The molecule has 0 unspecified atom stereocenters. The molecule has 0 heterocycles. The molecule has 0 fully saturated rings. The van der Waals surface area contributed by atoms with Crippen LogP contribution in [0.2, 0.25) is 5.02 Å². The Morgan fingerprint density at radius 2 is 2.33 bits per heavy atom. The summed E-state index contributed by atoms with van der Waals surface area (Å²) in [5.74, 6) is 0. The Hall–Kier alpha value is -1.17. The molecule has 0 aliphatic rings. The van der Waals surface area contributed by atoms with Crippen molar-refractivity contribution in [2.45, 2.75) is 13.5 Å². The number of nitro groups is 1. The molecular formula is C9H11ClN2O3. The summed E-state index contributed by atoms with van der Waals surface area (Å²) >= 11 is 5.86. The summed E-state index contributed by atoms with van der Waals surface area (Å²) < 4.78 is 0. The summed E-state index contributed by atoms with van der Waals surface area (Å²) in [6.07, 6.45) is 0. The van der Waals surface area contributed by atoms with E-state index in [9.17, 15) is 10.1 Å². The number of benzene rings is 1. The zero-order chi connectivity index (χ0) is 11.3. The minimum absolute atomic E-state index is 0.0210. The first-order valence-electron chi connectivity index (χ1n) is 4.42. The zero-order valence-electron chi connectivity index (χ0n) is 8.20. The van der Waals surface area contributed by atoms with Crippen molar-refractivity contribution in [2.75, 3.05) is 6.61 Å². The van der Waals surface area contributed by atoms with E-state index in [2.05, 4.69) is 5.48 Å². The minimum atomic E-state index is -0.458. The van der Waals surface area contributed by atoms with Crippen LogP contribution in [0, 0.1) is 10.1 Å². The Bertz CT molecular complexity index is 357. The number of hydroxylamine groups is 1. The SMILES string of the molecule is CCONCc1cc([N+](=O)[O-])ccc1Cl. The van der Waals surface area contributed by atoms with E-state index in [4.69, 9.17) is 16.4 Å². The van der Waals surface area contributed by atoms with Gasteiger partial charge in [-0.3, -0.25) is 10.1 Å². The van der Waals surface area contributed by atoms with Gasteiger partial charge in [-0.1, -0.05) is 11.6 Å². The van der Waals surface area contributed by atoms with Gasteiger partial charge in [-0.25, -0.2) is 0 Å². The number of hydrogen-bond donors (Lipinski definition) is 1. The summed E-state index contributed by atoms with van der Waals surface area (Å²) in [5.41, 5.74) is 3.31. The number of rotatable bonds is 5. The minimum Gasteiger partial charge on any atom is -0.302 e.